The predicted octanol–water partition coefficient (Wildman–Crippen LogP) is 4.19. The Labute approximate surface area is 202 Å². The summed E-state index contributed by atoms with van der Waals surface area (Å²) in [6, 6.07) is 15.5. The second-order valence-corrected chi connectivity index (χ2v) is 10.4. The molecule has 0 aliphatic rings. The van der Waals surface area contributed by atoms with Gasteiger partial charge in [0.25, 0.3) is 5.91 Å². The number of carbonyl (C=O) groups is 1. The average Bonchev–Trinajstić information content (AvgIpc) is 3.04. The Bertz CT molecular complexity index is 1340. The summed E-state index contributed by atoms with van der Waals surface area (Å²) in [7, 11) is -3.65. The van der Waals surface area contributed by atoms with Crippen LogP contribution in [0.2, 0.25) is 0 Å². The molecule has 0 spiro atoms. The lowest BCUT2D eigenvalue weighted by Gasteiger charge is -2.23. The van der Waals surface area contributed by atoms with Crippen LogP contribution in [0.15, 0.2) is 53.6 Å². The number of carbonyl (C=O) groups excluding carboxylic acids is 1. The van der Waals surface area contributed by atoms with Gasteiger partial charge in [-0.3, -0.25) is 9.10 Å². The van der Waals surface area contributed by atoms with E-state index in [1.54, 1.807) is 18.3 Å². The molecule has 1 N–H and O–H groups in total. The van der Waals surface area contributed by atoms with Gasteiger partial charge in [0.2, 0.25) is 10.0 Å². The van der Waals surface area contributed by atoms with E-state index in [0.717, 1.165) is 38.8 Å². The van der Waals surface area contributed by atoms with Crippen LogP contribution in [-0.4, -0.2) is 37.9 Å². The highest BCUT2D eigenvalue weighted by molar-refractivity contribution is 7.92. The summed E-state index contributed by atoms with van der Waals surface area (Å²) >= 11 is 0. The second kappa shape index (κ2) is 10.3. The van der Waals surface area contributed by atoms with Crippen LogP contribution in [0.5, 0.6) is 0 Å². The van der Waals surface area contributed by atoms with E-state index in [2.05, 4.69) is 47.1 Å². The van der Waals surface area contributed by atoms with Crippen LogP contribution in [0.25, 0.3) is 5.69 Å². The van der Waals surface area contributed by atoms with Crippen LogP contribution in [0.1, 0.15) is 40.6 Å². The summed E-state index contributed by atoms with van der Waals surface area (Å²) in [5, 5.41) is 4.10. The fraction of sp³-hybridized carbons (Fsp3) is 0.308. The number of hydrazone groups is 1. The first-order chi connectivity index (χ1) is 16.0. The molecule has 180 valence electrons. The molecular weight excluding hydrogens is 448 g/mol. The van der Waals surface area contributed by atoms with Crippen molar-refractivity contribution in [1.82, 2.24) is 9.99 Å². The number of hydrogen-bond acceptors (Lipinski definition) is 4. The highest BCUT2D eigenvalue weighted by Crippen LogP contribution is 2.24. The third kappa shape index (κ3) is 5.56. The van der Waals surface area contributed by atoms with Gasteiger partial charge in [0.05, 0.1) is 18.2 Å². The first-order valence-electron chi connectivity index (χ1n) is 11.2. The lowest BCUT2D eigenvalue weighted by molar-refractivity contribution is -0.119. The summed E-state index contributed by atoms with van der Waals surface area (Å²) < 4.78 is 28.1. The number of rotatable bonds is 8. The Morgan fingerprint density at radius 3 is 2.44 bits per heavy atom. The molecule has 34 heavy (non-hydrogen) atoms. The van der Waals surface area contributed by atoms with Crippen molar-refractivity contribution in [3.05, 3.63) is 82.2 Å². The van der Waals surface area contributed by atoms with Gasteiger partial charge in [0, 0.05) is 22.6 Å². The molecule has 1 aromatic heterocycles. The number of aryl methyl sites for hydroxylation is 4. The van der Waals surface area contributed by atoms with Gasteiger partial charge >= 0.3 is 0 Å². The van der Waals surface area contributed by atoms with Crippen LogP contribution >= 0.6 is 0 Å². The molecule has 1 amide bonds. The second-order valence-electron chi connectivity index (χ2n) is 8.50. The summed E-state index contributed by atoms with van der Waals surface area (Å²) in [5.41, 5.74) is 10.2. The molecule has 8 heteroatoms. The Hall–Kier alpha value is -3.39. The van der Waals surface area contributed by atoms with E-state index in [1.165, 1.54) is 11.1 Å². The van der Waals surface area contributed by atoms with E-state index in [0.29, 0.717) is 12.1 Å². The van der Waals surface area contributed by atoms with E-state index >= 15 is 0 Å². The first-order valence-corrected chi connectivity index (χ1v) is 13.0. The van der Waals surface area contributed by atoms with E-state index in [4.69, 9.17) is 0 Å². The summed E-state index contributed by atoms with van der Waals surface area (Å²) in [5.74, 6) is -0.518. The van der Waals surface area contributed by atoms with Gasteiger partial charge in [-0.05, 0) is 63.4 Å². The maximum atomic E-state index is 12.6. The van der Waals surface area contributed by atoms with Gasteiger partial charge < -0.3 is 4.57 Å². The number of anilines is 1. The maximum Gasteiger partial charge on any atom is 0.260 e. The minimum absolute atomic E-state index is 0.352. The third-order valence-corrected chi connectivity index (χ3v) is 6.91. The number of para-hydroxylation sites is 1. The topological polar surface area (TPSA) is 83.8 Å². The maximum absolute atomic E-state index is 12.6. The average molecular weight is 481 g/mol. The SMILES string of the molecule is CCc1ccccc1N(CC(=O)NN=Cc1cc(C)n(-c2ccc(C)cc2C)c1C)S(C)(=O)=O. The zero-order chi connectivity index (χ0) is 25.0. The summed E-state index contributed by atoms with van der Waals surface area (Å²) in [6.45, 7) is 9.77. The molecule has 2 aromatic carbocycles. The highest BCUT2D eigenvalue weighted by atomic mass is 32.2. The van der Waals surface area contributed by atoms with Crippen molar-refractivity contribution in [3.8, 4) is 5.69 Å². The molecular formula is C26H32N4O3S. The zero-order valence-corrected chi connectivity index (χ0v) is 21.4. The van der Waals surface area contributed by atoms with E-state index in [1.807, 2.05) is 39.0 Å². The summed E-state index contributed by atoms with van der Waals surface area (Å²) in [4.78, 5) is 12.6. The van der Waals surface area contributed by atoms with Crippen LogP contribution < -0.4 is 9.73 Å². The fourth-order valence-electron chi connectivity index (χ4n) is 4.12. The van der Waals surface area contributed by atoms with Crippen molar-refractivity contribution in [2.75, 3.05) is 17.1 Å². The molecule has 0 atom stereocenters. The molecule has 0 fully saturated rings. The minimum atomic E-state index is -3.65. The predicted molar refractivity (Wildman–Crippen MR) is 138 cm³/mol. The van der Waals surface area contributed by atoms with Crippen molar-refractivity contribution >= 4 is 27.8 Å². The smallest absolute Gasteiger partial charge is 0.260 e. The van der Waals surface area contributed by atoms with Crippen LogP contribution in [-0.2, 0) is 21.2 Å². The van der Waals surface area contributed by atoms with Crippen LogP contribution in [0, 0.1) is 27.7 Å². The molecule has 3 aromatic rings. The van der Waals surface area contributed by atoms with Crippen molar-refractivity contribution in [2.24, 2.45) is 5.10 Å². The lowest BCUT2D eigenvalue weighted by Crippen LogP contribution is -2.39. The fourth-order valence-corrected chi connectivity index (χ4v) is 5.01. The quantitative estimate of drug-likeness (QED) is 0.388. The van der Waals surface area contributed by atoms with Gasteiger partial charge in [-0.25, -0.2) is 13.8 Å². The monoisotopic (exact) mass is 480 g/mol. The largest absolute Gasteiger partial charge is 0.318 e. The van der Waals surface area contributed by atoms with Gasteiger partial charge in [-0.1, -0.05) is 42.8 Å². The van der Waals surface area contributed by atoms with Crippen molar-refractivity contribution in [1.29, 1.82) is 0 Å². The lowest BCUT2D eigenvalue weighted by atomic mass is 10.1. The molecule has 0 bridgehead atoms. The number of nitrogens with zero attached hydrogens (tertiary/aromatic N) is 3. The number of aromatic nitrogens is 1. The number of benzene rings is 2. The van der Waals surface area contributed by atoms with Crippen molar-refractivity contribution < 1.29 is 13.2 Å². The van der Waals surface area contributed by atoms with E-state index in [9.17, 15) is 13.2 Å². The first kappa shape index (κ1) is 25.2. The standard InChI is InChI=1S/C26H32N4O3S/c1-7-22-10-8-9-11-25(22)29(34(6,32)33)17-26(31)28-27-16-23-15-20(4)30(21(23)5)24-13-12-18(2)14-19(24)3/h8-16H,7,17H2,1-6H3,(H,28,31). The zero-order valence-electron chi connectivity index (χ0n) is 20.6. The number of amides is 1. The third-order valence-electron chi connectivity index (χ3n) is 5.79. The minimum Gasteiger partial charge on any atom is -0.318 e. The Balaban J connectivity index is 1.78. The highest BCUT2D eigenvalue weighted by Gasteiger charge is 2.22. The molecule has 0 aliphatic heterocycles. The van der Waals surface area contributed by atoms with E-state index < -0.39 is 15.9 Å². The normalized spacial score (nSPS) is 11.7. The van der Waals surface area contributed by atoms with Gasteiger partial charge in [-0.15, -0.1) is 0 Å². The van der Waals surface area contributed by atoms with Gasteiger partial charge in [-0.2, -0.15) is 5.10 Å². The molecule has 0 radical (unpaired) electrons. The molecule has 0 unspecified atom stereocenters. The number of hydrogen-bond donors (Lipinski definition) is 1. The summed E-state index contributed by atoms with van der Waals surface area (Å²) in [6.07, 6.45) is 3.33. The molecule has 0 saturated carbocycles. The molecule has 1 heterocycles. The van der Waals surface area contributed by atoms with Gasteiger partial charge in [0.1, 0.15) is 6.54 Å². The van der Waals surface area contributed by atoms with Crippen LogP contribution in [0.3, 0.4) is 0 Å². The Morgan fingerprint density at radius 1 is 1.09 bits per heavy atom. The van der Waals surface area contributed by atoms with Crippen molar-refractivity contribution in [2.45, 2.75) is 41.0 Å². The molecule has 0 saturated heterocycles. The van der Waals surface area contributed by atoms with Crippen LogP contribution in [0.4, 0.5) is 5.69 Å². The number of nitrogens with one attached hydrogen (secondary N) is 1. The Morgan fingerprint density at radius 2 is 1.79 bits per heavy atom. The molecule has 0 aliphatic carbocycles. The van der Waals surface area contributed by atoms with Crippen molar-refractivity contribution in [3.63, 3.8) is 0 Å². The molecule has 7 nitrogen and oxygen atoms in total. The molecule has 3 rings (SSSR count). The van der Waals surface area contributed by atoms with Gasteiger partial charge in [0.15, 0.2) is 0 Å². The number of sulfonamides is 1. The van der Waals surface area contributed by atoms with E-state index in [-0.39, 0.29) is 6.54 Å². The Kier molecular flexibility index (Phi) is 7.61.